The zero-order valence-corrected chi connectivity index (χ0v) is 12.7. The van der Waals surface area contributed by atoms with E-state index in [0.29, 0.717) is 12.1 Å². The molecule has 1 aliphatic heterocycles. The van der Waals surface area contributed by atoms with Crippen LogP contribution < -0.4 is 5.73 Å². The van der Waals surface area contributed by atoms with E-state index in [4.69, 9.17) is 10.5 Å². The zero-order valence-electron chi connectivity index (χ0n) is 12.7. The first kappa shape index (κ1) is 14.3. The lowest BCUT2D eigenvalue weighted by molar-refractivity contribution is -0.145. The van der Waals surface area contributed by atoms with Gasteiger partial charge in [-0.15, -0.1) is 0 Å². The van der Waals surface area contributed by atoms with Gasteiger partial charge in [0.1, 0.15) is 0 Å². The van der Waals surface area contributed by atoms with Gasteiger partial charge in [0.2, 0.25) is 0 Å². The minimum atomic E-state index is -0.0427. The van der Waals surface area contributed by atoms with Crippen LogP contribution in [0, 0.1) is 5.41 Å². The molecule has 3 heteroatoms. The van der Waals surface area contributed by atoms with E-state index >= 15 is 0 Å². The van der Waals surface area contributed by atoms with Crippen molar-refractivity contribution in [2.45, 2.75) is 77.7 Å². The summed E-state index contributed by atoms with van der Waals surface area (Å²) in [5.41, 5.74) is 6.77. The Morgan fingerprint density at radius 1 is 1.22 bits per heavy atom. The average Bonchev–Trinajstić information content (AvgIpc) is 2.19. The Balaban J connectivity index is 2.10. The van der Waals surface area contributed by atoms with Crippen LogP contribution in [-0.4, -0.2) is 41.8 Å². The lowest BCUT2D eigenvalue weighted by Crippen LogP contribution is -2.63. The molecule has 1 aliphatic carbocycles. The summed E-state index contributed by atoms with van der Waals surface area (Å²) in [5.74, 6) is 0. The Bertz CT molecular complexity index is 301. The highest BCUT2D eigenvalue weighted by atomic mass is 16.5. The number of morpholine rings is 1. The van der Waals surface area contributed by atoms with E-state index in [2.05, 4.69) is 39.5 Å². The van der Waals surface area contributed by atoms with Crippen molar-refractivity contribution in [2.24, 2.45) is 11.1 Å². The molecule has 1 saturated carbocycles. The molecule has 0 amide bonds. The molecular weight excluding hydrogens is 224 g/mol. The van der Waals surface area contributed by atoms with E-state index in [9.17, 15) is 0 Å². The normalized spacial score (nSPS) is 40.7. The van der Waals surface area contributed by atoms with Crippen molar-refractivity contribution in [1.82, 2.24) is 4.90 Å². The molecule has 1 saturated heterocycles. The fourth-order valence-corrected chi connectivity index (χ4v) is 3.80. The van der Waals surface area contributed by atoms with Crippen molar-refractivity contribution in [3.05, 3.63) is 0 Å². The Morgan fingerprint density at radius 3 is 2.50 bits per heavy atom. The van der Waals surface area contributed by atoms with Gasteiger partial charge in [-0.05, 0) is 39.0 Å². The van der Waals surface area contributed by atoms with Crippen molar-refractivity contribution < 1.29 is 4.74 Å². The molecule has 0 bridgehead atoms. The maximum absolute atomic E-state index is 6.54. The minimum Gasteiger partial charge on any atom is -0.370 e. The summed E-state index contributed by atoms with van der Waals surface area (Å²) in [6.07, 6.45) is 4.12. The van der Waals surface area contributed by atoms with E-state index in [1.165, 1.54) is 19.3 Å². The molecule has 0 radical (unpaired) electrons. The van der Waals surface area contributed by atoms with Gasteiger partial charge in [-0.25, -0.2) is 0 Å². The second-order valence-corrected chi connectivity index (χ2v) is 7.59. The first-order valence-electron chi connectivity index (χ1n) is 7.39. The number of nitrogens with zero attached hydrogens (tertiary/aromatic N) is 1. The van der Waals surface area contributed by atoms with Crippen molar-refractivity contribution in [3.63, 3.8) is 0 Å². The number of nitrogens with two attached hydrogens (primary N) is 1. The average molecular weight is 254 g/mol. The van der Waals surface area contributed by atoms with Crippen LogP contribution in [0.2, 0.25) is 0 Å². The minimum absolute atomic E-state index is 0.0427. The van der Waals surface area contributed by atoms with E-state index in [-0.39, 0.29) is 17.1 Å². The van der Waals surface area contributed by atoms with Crippen LogP contribution in [-0.2, 0) is 4.74 Å². The largest absolute Gasteiger partial charge is 0.370 e. The summed E-state index contributed by atoms with van der Waals surface area (Å²) >= 11 is 0. The summed E-state index contributed by atoms with van der Waals surface area (Å²) in [5, 5.41) is 0. The molecule has 18 heavy (non-hydrogen) atoms. The molecule has 2 fully saturated rings. The van der Waals surface area contributed by atoms with Crippen molar-refractivity contribution in [3.8, 4) is 0 Å². The van der Waals surface area contributed by atoms with E-state index in [1.54, 1.807) is 0 Å². The monoisotopic (exact) mass is 254 g/mol. The summed E-state index contributed by atoms with van der Waals surface area (Å²) in [7, 11) is 0. The Hall–Kier alpha value is -0.120. The van der Waals surface area contributed by atoms with E-state index < -0.39 is 0 Å². The van der Waals surface area contributed by atoms with Gasteiger partial charge < -0.3 is 10.5 Å². The van der Waals surface area contributed by atoms with Gasteiger partial charge in [0, 0.05) is 25.2 Å². The van der Waals surface area contributed by atoms with Gasteiger partial charge in [-0.3, -0.25) is 4.90 Å². The highest BCUT2D eigenvalue weighted by molar-refractivity contribution is 4.98. The van der Waals surface area contributed by atoms with Crippen LogP contribution in [0.15, 0.2) is 0 Å². The maximum Gasteiger partial charge on any atom is 0.0757 e. The third kappa shape index (κ3) is 2.89. The lowest BCUT2D eigenvalue weighted by atomic mass is 9.70. The predicted octanol–water partition coefficient (Wildman–Crippen LogP) is 2.39. The number of rotatable bonds is 1. The van der Waals surface area contributed by atoms with Crippen molar-refractivity contribution in [1.29, 1.82) is 0 Å². The van der Waals surface area contributed by atoms with Crippen LogP contribution in [0.5, 0.6) is 0 Å². The summed E-state index contributed by atoms with van der Waals surface area (Å²) in [4.78, 5) is 2.58. The van der Waals surface area contributed by atoms with Crippen LogP contribution in [0.25, 0.3) is 0 Å². The van der Waals surface area contributed by atoms with Crippen LogP contribution in [0.1, 0.15) is 53.9 Å². The predicted molar refractivity (Wildman–Crippen MR) is 75.6 cm³/mol. The maximum atomic E-state index is 6.54. The van der Waals surface area contributed by atoms with Gasteiger partial charge in [-0.1, -0.05) is 20.3 Å². The van der Waals surface area contributed by atoms with Crippen molar-refractivity contribution >= 4 is 0 Å². The van der Waals surface area contributed by atoms with Gasteiger partial charge in [0.25, 0.3) is 0 Å². The van der Waals surface area contributed by atoms with Gasteiger partial charge in [0.15, 0.2) is 0 Å². The smallest absolute Gasteiger partial charge is 0.0757 e. The van der Waals surface area contributed by atoms with Crippen LogP contribution in [0.3, 0.4) is 0 Å². The van der Waals surface area contributed by atoms with Crippen LogP contribution >= 0.6 is 0 Å². The number of hydrogen-bond donors (Lipinski definition) is 1. The molecular formula is C15H30N2O. The topological polar surface area (TPSA) is 38.5 Å². The zero-order chi connectivity index (χ0) is 13.6. The lowest BCUT2D eigenvalue weighted by Gasteiger charge is -2.51. The van der Waals surface area contributed by atoms with E-state index in [1.807, 2.05) is 0 Å². The Labute approximate surface area is 112 Å². The molecule has 0 aromatic carbocycles. The molecule has 2 rings (SSSR count). The standard InChI is InChI=1S/C15H30N2O/c1-11-9-17(10-15(4,5)18-11)12-7-6-8-14(2,3)13(12)16/h11-13H,6-10,16H2,1-5H3. The number of ether oxygens (including phenoxy) is 1. The van der Waals surface area contributed by atoms with Gasteiger partial charge in [-0.2, -0.15) is 0 Å². The fraction of sp³-hybridized carbons (Fsp3) is 1.00. The number of hydrogen-bond acceptors (Lipinski definition) is 3. The molecule has 0 aromatic heterocycles. The summed E-state index contributed by atoms with van der Waals surface area (Å²) in [6.45, 7) is 13.2. The van der Waals surface area contributed by atoms with Gasteiger partial charge >= 0.3 is 0 Å². The first-order chi connectivity index (χ1) is 8.21. The highest BCUT2D eigenvalue weighted by Gasteiger charge is 2.42. The second kappa shape index (κ2) is 4.77. The second-order valence-electron chi connectivity index (χ2n) is 7.59. The van der Waals surface area contributed by atoms with E-state index in [0.717, 1.165) is 13.1 Å². The third-order valence-electron chi connectivity index (χ3n) is 4.70. The molecule has 0 spiro atoms. The molecule has 0 aromatic rings. The molecule has 3 atom stereocenters. The summed E-state index contributed by atoms with van der Waals surface area (Å²) < 4.78 is 6.00. The first-order valence-corrected chi connectivity index (χ1v) is 7.39. The molecule has 2 aliphatic rings. The Kier molecular flexibility index (Phi) is 3.79. The molecule has 106 valence electrons. The molecule has 3 unspecified atom stereocenters. The molecule has 2 N–H and O–H groups in total. The molecule has 3 nitrogen and oxygen atoms in total. The fourth-order valence-electron chi connectivity index (χ4n) is 3.80. The van der Waals surface area contributed by atoms with Gasteiger partial charge in [0.05, 0.1) is 11.7 Å². The quantitative estimate of drug-likeness (QED) is 0.781. The van der Waals surface area contributed by atoms with Crippen molar-refractivity contribution in [2.75, 3.05) is 13.1 Å². The highest BCUT2D eigenvalue weighted by Crippen LogP contribution is 2.38. The summed E-state index contributed by atoms with van der Waals surface area (Å²) in [6, 6.07) is 0.812. The molecule has 1 heterocycles. The SMILES string of the molecule is CC1CN(C2CCCC(C)(C)C2N)CC(C)(C)O1. The third-order valence-corrected chi connectivity index (χ3v) is 4.70. The Morgan fingerprint density at radius 2 is 1.89 bits per heavy atom. The van der Waals surface area contributed by atoms with Crippen LogP contribution in [0.4, 0.5) is 0 Å².